The molecule has 0 amide bonds. The molecule has 0 aliphatic rings. The molecule has 2 aromatic rings. The molecule has 1 heterocycles. The van der Waals surface area contributed by atoms with Crippen LogP contribution in [0.2, 0.25) is 0 Å². The third-order valence-corrected chi connectivity index (χ3v) is 3.08. The topological polar surface area (TPSA) is 86.2 Å². The average Bonchev–Trinajstić information content (AvgIpc) is 2.61. The molecular formula is C10H10N2O3S. The summed E-state index contributed by atoms with van der Waals surface area (Å²) in [4.78, 5) is 0. The van der Waals surface area contributed by atoms with Gasteiger partial charge in [0.25, 0.3) is 15.1 Å². The Labute approximate surface area is 92.9 Å². The van der Waals surface area contributed by atoms with Crippen LogP contribution in [0, 0.1) is 6.92 Å². The molecule has 2 N–H and O–H groups in total. The fourth-order valence-corrected chi connectivity index (χ4v) is 2.12. The van der Waals surface area contributed by atoms with Crippen LogP contribution in [-0.4, -0.2) is 13.6 Å². The normalized spacial score (nSPS) is 11.6. The monoisotopic (exact) mass is 238 g/mol. The van der Waals surface area contributed by atoms with Crippen LogP contribution in [0.5, 0.6) is 0 Å². The molecule has 0 saturated heterocycles. The van der Waals surface area contributed by atoms with E-state index >= 15 is 0 Å². The van der Waals surface area contributed by atoms with Crippen LogP contribution in [0.4, 0.5) is 0 Å². The molecular weight excluding hydrogens is 228 g/mol. The van der Waals surface area contributed by atoms with Crippen LogP contribution in [0.25, 0.3) is 11.3 Å². The second kappa shape index (κ2) is 3.73. The molecule has 6 heteroatoms. The standard InChI is InChI=1S/C10H10N2O3S/c1-7-9(8-5-3-2-4-6-8)12-15-10(7)16(11,13)14/h2-6H,1H3,(H2,11,13,14). The smallest absolute Gasteiger partial charge is 0.274 e. The van der Waals surface area contributed by atoms with Crippen molar-refractivity contribution in [3.63, 3.8) is 0 Å². The fraction of sp³-hybridized carbons (Fsp3) is 0.100. The first-order chi connectivity index (χ1) is 7.50. The number of sulfonamides is 1. The minimum atomic E-state index is -3.85. The molecule has 16 heavy (non-hydrogen) atoms. The number of hydrogen-bond acceptors (Lipinski definition) is 4. The highest BCUT2D eigenvalue weighted by atomic mass is 32.2. The summed E-state index contributed by atoms with van der Waals surface area (Å²) in [6.07, 6.45) is 0. The van der Waals surface area contributed by atoms with Gasteiger partial charge in [0.15, 0.2) is 0 Å². The fourth-order valence-electron chi connectivity index (χ4n) is 1.45. The Balaban J connectivity index is 2.59. The number of nitrogens with two attached hydrogens (primary N) is 1. The lowest BCUT2D eigenvalue weighted by Crippen LogP contribution is -2.12. The van der Waals surface area contributed by atoms with Crippen molar-refractivity contribution in [1.29, 1.82) is 0 Å². The number of rotatable bonds is 2. The predicted molar refractivity (Wildman–Crippen MR) is 58.0 cm³/mol. The maximum atomic E-state index is 11.1. The molecule has 2 rings (SSSR count). The van der Waals surface area contributed by atoms with Crippen molar-refractivity contribution in [3.8, 4) is 11.3 Å². The summed E-state index contributed by atoms with van der Waals surface area (Å²) in [5.74, 6) is 0. The lowest BCUT2D eigenvalue weighted by Gasteiger charge is -1.96. The highest BCUT2D eigenvalue weighted by Crippen LogP contribution is 2.26. The van der Waals surface area contributed by atoms with E-state index in [4.69, 9.17) is 9.66 Å². The third-order valence-electron chi connectivity index (χ3n) is 2.19. The Morgan fingerprint density at radius 3 is 2.38 bits per heavy atom. The Bertz CT molecular complexity index is 602. The minimum absolute atomic E-state index is 0.286. The summed E-state index contributed by atoms with van der Waals surface area (Å²) in [5, 5.41) is 8.42. The molecule has 84 valence electrons. The van der Waals surface area contributed by atoms with Gasteiger partial charge in [0.05, 0.1) is 0 Å². The van der Waals surface area contributed by atoms with Gasteiger partial charge in [-0.3, -0.25) is 0 Å². The van der Waals surface area contributed by atoms with Crippen molar-refractivity contribution < 1.29 is 12.9 Å². The highest BCUT2D eigenvalue weighted by molar-refractivity contribution is 7.89. The second-order valence-electron chi connectivity index (χ2n) is 3.35. The molecule has 0 saturated carbocycles. The minimum Gasteiger partial charge on any atom is -0.342 e. The van der Waals surface area contributed by atoms with Gasteiger partial charge in [-0.15, -0.1) is 0 Å². The third kappa shape index (κ3) is 1.84. The number of nitrogens with zero attached hydrogens (tertiary/aromatic N) is 1. The van der Waals surface area contributed by atoms with Crippen LogP contribution < -0.4 is 5.14 Å². The van der Waals surface area contributed by atoms with Crippen LogP contribution in [0.3, 0.4) is 0 Å². The van der Waals surface area contributed by atoms with Crippen LogP contribution in [0.15, 0.2) is 39.9 Å². The summed E-state index contributed by atoms with van der Waals surface area (Å²) in [6.45, 7) is 1.61. The zero-order chi connectivity index (χ0) is 11.8. The van der Waals surface area contributed by atoms with E-state index in [-0.39, 0.29) is 5.09 Å². The first-order valence-corrected chi connectivity index (χ1v) is 6.09. The van der Waals surface area contributed by atoms with Gasteiger partial charge in [0.1, 0.15) is 5.69 Å². The van der Waals surface area contributed by atoms with Crippen molar-refractivity contribution in [1.82, 2.24) is 5.16 Å². The summed E-state index contributed by atoms with van der Waals surface area (Å²) in [6, 6.07) is 9.16. The van der Waals surface area contributed by atoms with Gasteiger partial charge in [0.2, 0.25) is 0 Å². The maximum Gasteiger partial charge on any atom is 0.274 e. The molecule has 0 fully saturated rings. The van der Waals surface area contributed by atoms with E-state index in [0.717, 1.165) is 5.56 Å². The van der Waals surface area contributed by atoms with Gasteiger partial charge in [-0.25, -0.2) is 13.6 Å². The molecule has 5 nitrogen and oxygen atoms in total. The molecule has 0 spiro atoms. The number of hydrogen-bond donors (Lipinski definition) is 1. The SMILES string of the molecule is Cc1c(-c2ccccc2)noc1S(N)(=O)=O. The molecule has 0 atom stereocenters. The van der Waals surface area contributed by atoms with Crippen molar-refractivity contribution in [2.75, 3.05) is 0 Å². The van der Waals surface area contributed by atoms with Gasteiger partial charge in [-0.05, 0) is 6.92 Å². The zero-order valence-corrected chi connectivity index (χ0v) is 9.36. The van der Waals surface area contributed by atoms with E-state index in [1.807, 2.05) is 30.3 Å². The Morgan fingerprint density at radius 1 is 1.25 bits per heavy atom. The van der Waals surface area contributed by atoms with Crippen LogP contribution >= 0.6 is 0 Å². The van der Waals surface area contributed by atoms with E-state index in [9.17, 15) is 8.42 Å². The van der Waals surface area contributed by atoms with Gasteiger partial charge >= 0.3 is 0 Å². The first-order valence-electron chi connectivity index (χ1n) is 4.54. The van der Waals surface area contributed by atoms with E-state index in [1.54, 1.807) is 6.92 Å². The summed E-state index contributed by atoms with van der Waals surface area (Å²) in [5.41, 5.74) is 1.71. The molecule has 0 unspecified atom stereocenters. The van der Waals surface area contributed by atoms with Crippen molar-refractivity contribution in [3.05, 3.63) is 35.9 Å². The van der Waals surface area contributed by atoms with E-state index in [0.29, 0.717) is 11.3 Å². The van der Waals surface area contributed by atoms with Gasteiger partial charge in [-0.1, -0.05) is 35.5 Å². The van der Waals surface area contributed by atoms with E-state index < -0.39 is 10.0 Å². The molecule has 0 radical (unpaired) electrons. The highest BCUT2D eigenvalue weighted by Gasteiger charge is 2.21. The van der Waals surface area contributed by atoms with Gasteiger partial charge in [-0.2, -0.15) is 0 Å². The summed E-state index contributed by atoms with van der Waals surface area (Å²) >= 11 is 0. The first kappa shape index (κ1) is 10.8. The average molecular weight is 238 g/mol. The molecule has 0 aliphatic heterocycles. The van der Waals surface area contributed by atoms with E-state index in [2.05, 4.69) is 5.16 Å². The molecule has 0 aliphatic carbocycles. The van der Waals surface area contributed by atoms with Crippen LogP contribution in [0.1, 0.15) is 5.56 Å². The largest absolute Gasteiger partial charge is 0.342 e. The van der Waals surface area contributed by atoms with Gasteiger partial charge in [0, 0.05) is 11.1 Å². The number of aromatic nitrogens is 1. The number of primary sulfonamides is 1. The summed E-state index contributed by atoms with van der Waals surface area (Å²) < 4.78 is 27.0. The molecule has 1 aromatic heterocycles. The Hall–Kier alpha value is -1.66. The molecule has 1 aromatic carbocycles. The zero-order valence-electron chi connectivity index (χ0n) is 8.54. The lowest BCUT2D eigenvalue weighted by atomic mass is 10.1. The van der Waals surface area contributed by atoms with Crippen LogP contribution in [-0.2, 0) is 10.0 Å². The Morgan fingerprint density at radius 2 is 1.88 bits per heavy atom. The predicted octanol–water partition coefficient (Wildman–Crippen LogP) is 1.30. The second-order valence-corrected chi connectivity index (χ2v) is 4.82. The van der Waals surface area contributed by atoms with Crippen molar-refractivity contribution in [2.45, 2.75) is 12.0 Å². The maximum absolute atomic E-state index is 11.1. The Kier molecular flexibility index (Phi) is 2.53. The van der Waals surface area contributed by atoms with Crippen molar-refractivity contribution >= 4 is 10.0 Å². The summed E-state index contributed by atoms with van der Waals surface area (Å²) in [7, 11) is -3.85. The molecule has 0 bridgehead atoms. The van der Waals surface area contributed by atoms with Gasteiger partial charge < -0.3 is 4.52 Å². The number of benzene rings is 1. The lowest BCUT2D eigenvalue weighted by molar-refractivity contribution is 0.339. The van der Waals surface area contributed by atoms with E-state index in [1.165, 1.54) is 0 Å². The quantitative estimate of drug-likeness (QED) is 0.854. The van der Waals surface area contributed by atoms with Crippen molar-refractivity contribution in [2.24, 2.45) is 5.14 Å².